The Bertz CT molecular complexity index is 4250. The van der Waals surface area contributed by atoms with Crippen LogP contribution in [0.3, 0.4) is 0 Å². The van der Waals surface area contributed by atoms with E-state index < -0.39 is 269 Å². The van der Waals surface area contributed by atoms with Gasteiger partial charge in [-0.15, -0.1) is 0 Å². The second-order valence-corrected chi connectivity index (χ2v) is 9.75. The molecule has 0 saturated carbocycles. The number of rotatable bonds is 4. The first-order chi connectivity index (χ1) is 35.3. The van der Waals surface area contributed by atoms with Crippen LogP contribution in [0.4, 0.5) is 0 Å². The first-order valence-corrected chi connectivity index (χ1v) is 13.5. The van der Waals surface area contributed by atoms with Crippen molar-refractivity contribution >= 4 is 43.1 Å². The number of benzene rings is 9. The topological polar surface area (TPSA) is 0 Å². The van der Waals surface area contributed by atoms with Gasteiger partial charge in [0.25, 0.3) is 0 Å². The smallest absolute Gasteiger partial charge is 0.0622 e. The highest BCUT2D eigenvalue weighted by Gasteiger charge is 2.18. The highest BCUT2D eigenvalue weighted by Crippen LogP contribution is 2.45. The van der Waals surface area contributed by atoms with Gasteiger partial charge in [-0.25, -0.2) is 0 Å². The van der Waals surface area contributed by atoms with Crippen LogP contribution in [0.2, 0.25) is 0 Å². The Morgan fingerprint density at radius 3 is 1.39 bits per heavy atom. The summed E-state index contributed by atoms with van der Waals surface area (Å²) in [6, 6.07) is -30.2. The Labute approximate surface area is 311 Å². The maximum atomic E-state index is 10.0. The minimum atomic E-state index is -1.17. The van der Waals surface area contributed by atoms with E-state index in [4.69, 9.17) is 26.0 Å². The normalized spacial score (nSPS) is 20.6. The zero-order valence-electron chi connectivity index (χ0n) is 53.0. The molecule has 0 aromatic heterocycles. The summed E-state index contributed by atoms with van der Waals surface area (Å²) in [5.74, 6) is 0. The van der Waals surface area contributed by atoms with Crippen LogP contribution < -0.4 is 0 Å². The van der Waals surface area contributed by atoms with Gasteiger partial charge in [0.1, 0.15) is 0 Å². The summed E-state index contributed by atoms with van der Waals surface area (Å²) in [6.07, 6.45) is 0. The fourth-order valence-electron chi connectivity index (χ4n) is 5.12. The van der Waals surface area contributed by atoms with Crippen molar-refractivity contribution in [1.29, 1.82) is 0 Å². The van der Waals surface area contributed by atoms with Gasteiger partial charge >= 0.3 is 0 Å². The quantitative estimate of drug-likeness (QED) is 0.173. The Kier molecular flexibility index (Phi) is 2.37. The van der Waals surface area contributed by atoms with Crippen LogP contribution in [0.15, 0.2) is 181 Å². The Balaban J connectivity index is 1.66. The number of fused-ring (bicyclic) bond motifs is 4. The molecule has 0 spiro atoms. The highest BCUT2D eigenvalue weighted by atomic mass is 14.2. The Hall–Kier alpha value is -5.98. The predicted octanol–water partition coefficient (Wildman–Crippen LogP) is 13.0. The molecule has 0 amide bonds. The molecule has 0 N–H and O–H groups in total. The van der Waals surface area contributed by atoms with Crippen molar-refractivity contribution < 1.29 is 41.1 Å². The van der Waals surface area contributed by atoms with E-state index in [1.165, 1.54) is 0 Å². The van der Waals surface area contributed by atoms with Crippen molar-refractivity contribution in [3.8, 4) is 44.5 Å². The van der Waals surface area contributed by atoms with Crippen LogP contribution in [0.25, 0.3) is 87.6 Å². The molecule has 0 aliphatic heterocycles. The van der Waals surface area contributed by atoms with E-state index in [2.05, 4.69) is 0 Å². The zero-order chi connectivity index (χ0) is 56.6. The summed E-state index contributed by atoms with van der Waals surface area (Å²) >= 11 is 0. The molecule has 214 valence electrons. The van der Waals surface area contributed by atoms with Gasteiger partial charge in [-0.05, 0) is 112 Å². The van der Waals surface area contributed by atoms with E-state index in [0.29, 0.717) is 0 Å². The van der Waals surface area contributed by atoms with E-state index in [1.807, 2.05) is 0 Å². The van der Waals surface area contributed by atoms with Gasteiger partial charge in [-0.2, -0.15) is 0 Å². The van der Waals surface area contributed by atoms with Crippen molar-refractivity contribution in [3.05, 3.63) is 181 Å². The summed E-state index contributed by atoms with van der Waals surface area (Å²) in [5.41, 5.74) is -7.23. The standard InChI is InChI=1S/C46H30/c1-2-11-31(12-3-1)38-25-26-43-44(30-38)46(39-18-10-17-36(29-39)37-23-21-32-13-4-6-15-34(32)27-37)42-20-9-8-19-41(42)45(43)40-24-22-33-14-5-7-16-35(33)28-40/h1-30H/i1D,2D,3D,4D,5D,6D,7D,8D,9D,10D,11D,12D,13D,14D,15D,16D,17D,18D,19D,20D,21D,22D,23D,24D,25D,26D,27D,28D,29D,30D. The molecule has 46 heavy (non-hydrogen) atoms. The first-order valence-electron chi connectivity index (χ1n) is 28.5. The summed E-state index contributed by atoms with van der Waals surface area (Å²) in [4.78, 5) is 0. The molecular weight excluding hydrogens is 553 g/mol. The van der Waals surface area contributed by atoms with Crippen molar-refractivity contribution in [1.82, 2.24) is 0 Å². The average molecular weight is 613 g/mol. The highest BCUT2D eigenvalue weighted by molar-refractivity contribution is 6.22. The van der Waals surface area contributed by atoms with E-state index >= 15 is 0 Å². The molecule has 9 rings (SSSR count). The molecule has 0 heterocycles. The van der Waals surface area contributed by atoms with Crippen LogP contribution in [0, 0.1) is 0 Å². The fraction of sp³-hybridized carbons (Fsp3) is 0. The SMILES string of the molecule is [2H]c1c([2H])c([2H])c(-c2c([2H])c([2H])c3c(-c4c([2H])c([2H])c5c([2H])c([2H])c([2H])c([2H])c5c4[2H])c4c([2H])c([2H])c([2H])c([2H])c4c(-c4c([2H])c([2H])c([2H])c(-c5c([2H])c([2H])c6c([2H])c([2H])c([2H])c([2H])c6c5[2H])c4[2H])c3c2[2H])c([2H])c1[2H]. The second-order valence-electron chi connectivity index (χ2n) is 9.75. The third-order valence-corrected chi connectivity index (χ3v) is 7.12. The van der Waals surface area contributed by atoms with E-state index in [0.717, 1.165) is 0 Å². The summed E-state index contributed by atoms with van der Waals surface area (Å²) in [7, 11) is 0. The van der Waals surface area contributed by atoms with Crippen LogP contribution in [0.5, 0.6) is 0 Å². The van der Waals surface area contributed by atoms with E-state index in [-0.39, 0.29) is 0 Å². The largest absolute Gasteiger partial charge is 0.0636 e. The molecule has 0 radical (unpaired) electrons. The van der Waals surface area contributed by atoms with Crippen LogP contribution in [0.1, 0.15) is 41.1 Å². The lowest BCUT2D eigenvalue weighted by atomic mass is 9.84. The molecule has 0 aliphatic carbocycles. The summed E-state index contributed by atoms with van der Waals surface area (Å²) in [5, 5.41) is -6.10. The van der Waals surface area contributed by atoms with Gasteiger partial charge in [0, 0.05) is 0 Å². The third kappa shape index (κ3) is 4.47. The molecule has 0 unspecified atom stereocenters. The first kappa shape index (κ1) is 10.0. The molecule has 9 aromatic carbocycles. The lowest BCUT2D eigenvalue weighted by Crippen LogP contribution is -1.92. The van der Waals surface area contributed by atoms with Crippen LogP contribution in [-0.2, 0) is 0 Å². The van der Waals surface area contributed by atoms with Crippen molar-refractivity contribution in [2.24, 2.45) is 0 Å². The Morgan fingerprint density at radius 2 is 0.674 bits per heavy atom. The minimum absolute atomic E-state index is 0.606. The molecule has 0 bridgehead atoms. The summed E-state index contributed by atoms with van der Waals surface area (Å²) in [6.45, 7) is 0. The lowest BCUT2D eigenvalue weighted by molar-refractivity contribution is 1.62. The van der Waals surface area contributed by atoms with Crippen molar-refractivity contribution in [2.75, 3.05) is 0 Å². The van der Waals surface area contributed by atoms with Gasteiger partial charge in [0.05, 0.1) is 41.1 Å². The molecule has 0 fully saturated rings. The van der Waals surface area contributed by atoms with E-state index in [9.17, 15) is 15.1 Å². The number of hydrogen-bond donors (Lipinski definition) is 0. The monoisotopic (exact) mass is 612 g/mol. The maximum Gasteiger partial charge on any atom is 0.0636 e. The maximum absolute atomic E-state index is 10.0. The average Bonchev–Trinajstić information content (AvgIpc) is 3.39. The van der Waals surface area contributed by atoms with Crippen molar-refractivity contribution in [3.63, 3.8) is 0 Å². The minimum Gasteiger partial charge on any atom is -0.0622 e. The van der Waals surface area contributed by atoms with Crippen molar-refractivity contribution in [2.45, 2.75) is 0 Å². The molecule has 0 nitrogen and oxygen atoms in total. The van der Waals surface area contributed by atoms with Gasteiger partial charge < -0.3 is 0 Å². The van der Waals surface area contributed by atoms with Crippen LogP contribution in [-0.4, -0.2) is 0 Å². The lowest BCUT2D eigenvalue weighted by Gasteiger charge is -2.19. The van der Waals surface area contributed by atoms with E-state index in [1.54, 1.807) is 0 Å². The zero-order valence-corrected chi connectivity index (χ0v) is 23.0. The predicted molar refractivity (Wildman–Crippen MR) is 198 cm³/mol. The van der Waals surface area contributed by atoms with Gasteiger partial charge in [0.2, 0.25) is 0 Å². The molecular formula is C46H30. The van der Waals surface area contributed by atoms with Gasteiger partial charge in [-0.1, -0.05) is 157 Å². The summed E-state index contributed by atoms with van der Waals surface area (Å²) < 4.78 is 270. The van der Waals surface area contributed by atoms with Crippen LogP contribution >= 0.6 is 0 Å². The third-order valence-electron chi connectivity index (χ3n) is 7.12. The second kappa shape index (κ2) is 10.9. The fourth-order valence-corrected chi connectivity index (χ4v) is 5.12. The van der Waals surface area contributed by atoms with Gasteiger partial charge in [-0.3, -0.25) is 0 Å². The molecule has 0 saturated heterocycles. The molecule has 0 aliphatic rings. The Morgan fingerprint density at radius 1 is 0.239 bits per heavy atom. The number of hydrogen-bond acceptors (Lipinski definition) is 0. The molecule has 9 aromatic rings. The molecule has 0 atom stereocenters. The van der Waals surface area contributed by atoms with Gasteiger partial charge in [0.15, 0.2) is 0 Å². The molecule has 0 heteroatoms.